The van der Waals surface area contributed by atoms with Gasteiger partial charge in [0.1, 0.15) is 0 Å². The molecule has 0 unspecified atom stereocenters. The van der Waals surface area contributed by atoms with Crippen molar-refractivity contribution in [3.8, 4) is 0 Å². The van der Waals surface area contributed by atoms with Crippen molar-refractivity contribution in [1.29, 1.82) is 0 Å². The molecular formula is C16H23NO2. The van der Waals surface area contributed by atoms with Gasteiger partial charge < -0.3 is 9.64 Å². The first kappa shape index (κ1) is 14.1. The summed E-state index contributed by atoms with van der Waals surface area (Å²) in [4.78, 5) is 13.5. The molecule has 1 aliphatic heterocycles. The first-order valence-electron chi connectivity index (χ1n) is 7.10. The highest BCUT2D eigenvalue weighted by molar-refractivity contribution is 5.85. The summed E-state index contributed by atoms with van der Waals surface area (Å²) >= 11 is 0. The summed E-state index contributed by atoms with van der Waals surface area (Å²) in [5, 5.41) is 0. The van der Waals surface area contributed by atoms with Crippen LogP contribution in [-0.2, 0) is 4.74 Å². The lowest BCUT2D eigenvalue weighted by atomic mass is 10.1. The standard InChI is InChI=1S/C16H23NO2/c1-4-5-15-10-17(9-13(3)19-15)16-7-6-12(2)8-14(16)11-18/h6-8,11,13,15H,4-5,9-10H2,1-3H3/t13-,15+/m0/s1. The first-order chi connectivity index (χ1) is 9.13. The molecule has 0 N–H and O–H groups in total. The number of nitrogens with zero attached hydrogens (tertiary/aromatic N) is 1. The van der Waals surface area contributed by atoms with Crippen molar-refractivity contribution in [3.63, 3.8) is 0 Å². The second-order valence-electron chi connectivity index (χ2n) is 5.44. The average Bonchev–Trinajstić information content (AvgIpc) is 2.38. The summed E-state index contributed by atoms with van der Waals surface area (Å²) < 4.78 is 5.95. The second kappa shape index (κ2) is 6.20. The first-order valence-corrected chi connectivity index (χ1v) is 7.10. The second-order valence-corrected chi connectivity index (χ2v) is 5.44. The van der Waals surface area contributed by atoms with Gasteiger partial charge in [0, 0.05) is 24.3 Å². The predicted octanol–water partition coefficient (Wildman–Crippen LogP) is 3.20. The zero-order valence-electron chi connectivity index (χ0n) is 12.1. The lowest BCUT2D eigenvalue weighted by Gasteiger charge is -2.38. The minimum Gasteiger partial charge on any atom is -0.372 e. The highest BCUT2D eigenvalue weighted by Gasteiger charge is 2.25. The number of carbonyl (C=O) groups is 1. The van der Waals surface area contributed by atoms with Crippen LogP contribution in [0.15, 0.2) is 18.2 Å². The third kappa shape index (κ3) is 3.35. The molecule has 1 fully saturated rings. The van der Waals surface area contributed by atoms with Crippen molar-refractivity contribution < 1.29 is 9.53 Å². The summed E-state index contributed by atoms with van der Waals surface area (Å²) in [7, 11) is 0. The SMILES string of the molecule is CCC[C@@H]1CN(c2ccc(C)cc2C=O)C[C@H](C)O1. The molecule has 1 aromatic carbocycles. The van der Waals surface area contributed by atoms with Crippen LogP contribution in [0, 0.1) is 6.92 Å². The van der Waals surface area contributed by atoms with Crippen LogP contribution in [-0.4, -0.2) is 31.6 Å². The van der Waals surface area contributed by atoms with E-state index in [-0.39, 0.29) is 12.2 Å². The molecule has 19 heavy (non-hydrogen) atoms. The number of ether oxygens (including phenoxy) is 1. The smallest absolute Gasteiger partial charge is 0.152 e. The number of aldehydes is 1. The Bertz CT molecular complexity index is 444. The quantitative estimate of drug-likeness (QED) is 0.779. The molecule has 2 rings (SSSR count). The van der Waals surface area contributed by atoms with Crippen LogP contribution in [0.2, 0.25) is 0 Å². The van der Waals surface area contributed by atoms with Crippen molar-refractivity contribution in [1.82, 2.24) is 0 Å². The molecule has 1 aliphatic rings. The predicted molar refractivity (Wildman–Crippen MR) is 78.0 cm³/mol. The zero-order chi connectivity index (χ0) is 13.8. The maximum Gasteiger partial charge on any atom is 0.152 e. The van der Waals surface area contributed by atoms with Crippen LogP contribution in [0.1, 0.15) is 42.6 Å². The Morgan fingerprint density at radius 1 is 1.42 bits per heavy atom. The molecule has 0 aromatic heterocycles. The number of hydrogen-bond acceptors (Lipinski definition) is 3. The third-order valence-electron chi connectivity index (χ3n) is 3.59. The molecular weight excluding hydrogens is 238 g/mol. The number of aryl methyl sites for hydroxylation is 1. The van der Waals surface area contributed by atoms with Gasteiger partial charge in [-0.3, -0.25) is 4.79 Å². The topological polar surface area (TPSA) is 29.5 Å². The van der Waals surface area contributed by atoms with Crippen LogP contribution in [0.3, 0.4) is 0 Å². The molecule has 1 aromatic rings. The third-order valence-corrected chi connectivity index (χ3v) is 3.59. The van der Waals surface area contributed by atoms with Gasteiger partial charge in [-0.1, -0.05) is 25.0 Å². The molecule has 0 saturated carbocycles. The molecule has 1 saturated heterocycles. The fraction of sp³-hybridized carbons (Fsp3) is 0.562. The Hall–Kier alpha value is -1.35. The van der Waals surface area contributed by atoms with E-state index in [1.807, 2.05) is 13.0 Å². The van der Waals surface area contributed by atoms with Gasteiger partial charge in [0.25, 0.3) is 0 Å². The van der Waals surface area contributed by atoms with Gasteiger partial charge in [0.2, 0.25) is 0 Å². The summed E-state index contributed by atoms with van der Waals surface area (Å²) in [6, 6.07) is 6.08. The molecule has 104 valence electrons. The van der Waals surface area contributed by atoms with Crippen LogP contribution in [0.5, 0.6) is 0 Å². The maximum absolute atomic E-state index is 11.3. The fourth-order valence-corrected chi connectivity index (χ4v) is 2.78. The molecule has 0 aliphatic carbocycles. The molecule has 3 heteroatoms. The highest BCUT2D eigenvalue weighted by Crippen LogP contribution is 2.25. The van der Waals surface area contributed by atoms with E-state index in [2.05, 4.69) is 30.9 Å². The molecule has 0 radical (unpaired) electrons. The van der Waals surface area contributed by atoms with Crippen molar-refractivity contribution in [2.24, 2.45) is 0 Å². The Morgan fingerprint density at radius 2 is 2.21 bits per heavy atom. The zero-order valence-corrected chi connectivity index (χ0v) is 12.1. The van der Waals surface area contributed by atoms with E-state index in [4.69, 9.17) is 4.74 Å². The number of morpholine rings is 1. The molecule has 0 bridgehead atoms. The van der Waals surface area contributed by atoms with E-state index in [0.717, 1.165) is 49.0 Å². The van der Waals surface area contributed by atoms with Crippen LogP contribution < -0.4 is 4.90 Å². The monoisotopic (exact) mass is 261 g/mol. The fourth-order valence-electron chi connectivity index (χ4n) is 2.78. The van der Waals surface area contributed by atoms with Crippen molar-refractivity contribution in [3.05, 3.63) is 29.3 Å². The molecule has 2 atom stereocenters. The van der Waals surface area contributed by atoms with Gasteiger partial charge in [-0.05, 0) is 32.4 Å². The summed E-state index contributed by atoms with van der Waals surface area (Å²) in [6.45, 7) is 8.02. The Morgan fingerprint density at radius 3 is 2.89 bits per heavy atom. The normalized spacial score (nSPS) is 23.4. The Labute approximate surface area is 115 Å². The van der Waals surface area contributed by atoms with Gasteiger partial charge in [-0.15, -0.1) is 0 Å². The summed E-state index contributed by atoms with van der Waals surface area (Å²) in [6.07, 6.45) is 3.64. The van der Waals surface area contributed by atoms with Crippen molar-refractivity contribution in [2.45, 2.75) is 45.8 Å². The van der Waals surface area contributed by atoms with Crippen LogP contribution >= 0.6 is 0 Å². The van der Waals surface area contributed by atoms with E-state index in [1.165, 1.54) is 0 Å². The van der Waals surface area contributed by atoms with E-state index in [9.17, 15) is 4.79 Å². The molecule has 0 amide bonds. The average molecular weight is 261 g/mol. The highest BCUT2D eigenvalue weighted by atomic mass is 16.5. The van der Waals surface area contributed by atoms with E-state index >= 15 is 0 Å². The number of carbonyl (C=O) groups excluding carboxylic acids is 1. The maximum atomic E-state index is 11.3. The minimum atomic E-state index is 0.214. The minimum absolute atomic E-state index is 0.214. The lowest BCUT2D eigenvalue weighted by molar-refractivity contribution is -0.0199. The number of anilines is 1. The van der Waals surface area contributed by atoms with Gasteiger partial charge >= 0.3 is 0 Å². The number of rotatable bonds is 4. The number of benzene rings is 1. The van der Waals surface area contributed by atoms with E-state index < -0.39 is 0 Å². The van der Waals surface area contributed by atoms with Crippen LogP contribution in [0.25, 0.3) is 0 Å². The summed E-state index contributed by atoms with van der Waals surface area (Å²) in [5.41, 5.74) is 2.94. The van der Waals surface area contributed by atoms with Crippen molar-refractivity contribution in [2.75, 3.05) is 18.0 Å². The lowest BCUT2D eigenvalue weighted by Crippen LogP contribution is -2.47. The van der Waals surface area contributed by atoms with Gasteiger partial charge in [0.15, 0.2) is 6.29 Å². The largest absolute Gasteiger partial charge is 0.372 e. The molecule has 3 nitrogen and oxygen atoms in total. The van der Waals surface area contributed by atoms with Gasteiger partial charge in [0.05, 0.1) is 12.2 Å². The number of hydrogen-bond donors (Lipinski definition) is 0. The van der Waals surface area contributed by atoms with Crippen molar-refractivity contribution >= 4 is 12.0 Å². The van der Waals surface area contributed by atoms with Gasteiger partial charge in [-0.25, -0.2) is 0 Å². The van der Waals surface area contributed by atoms with E-state index in [0.29, 0.717) is 0 Å². The van der Waals surface area contributed by atoms with Gasteiger partial charge in [-0.2, -0.15) is 0 Å². The molecule has 1 heterocycles. The van der Waals surface area contributed by atoms with Crippen LogP contribution in [0.4, 0.5) is 5.69 Å². The molecule has 0 spiro atoms. The summed E-state index contributed by atoms with van der Waals surface area (Å²) in [5.74, 6) is 0. The Kier molecular flexibility index (Phi) is 4.59. The Balaban J connectivity index is 2.22. The van der Waals surface area contributed by atoms with E-state index in [1.54, 1.807) is 0 Å².